The molecular formula is C36H31F6N9O2. The minimum absolute atomic E-state index is 0.0164. The van der Waals surface area contributed by atoms with E-state index in [4.69, 9.17) is 0 Å². The fourth-order valence-corrected chi connectivity index (χ4v) is 6.30. The van der Waals surface area contributed by atoms with Gasteiger partial charge < -0.3 is 10.2 Å². The first-order valence-corrected chi connectivity index (χ1v) is 16.6. The van der Waals surface area contributed by atoms with Gasteiger partial charge in [0.05, 0.1) is 16.8 Å². The Labute approximate surface area is 299 Å². The number of pyridine rings is 1. The van der Waals surface area contributed by atoms with Crippen LogP contribution in [0.5, 0.6) is 0 Å². The first kappa shape index (κ1) is 35.4. The van der Waals surface area contributed by atoms with E-state index in [2.05, 4.69) is 31.3 Å². The topological polar surface area (TPSA) is 119 Å². The van der Waals surface area contributed by atoms with Gasteiger partial charge in [0.1, 0.15) is 23.1 Å². The molecule has 1 atom stereocenters. The maximum Gasteiger partial charge on any atom is 0.417 e. The minimum atomic E-state index is -4.69. The van der Waals surface area contributed by atoms with Gasteiger partial charge in [0, 0.05) is 37.3 Å². The molecule has 2 aromatic carbocycles. The fourth-order valence-electron chi connectivity index (χ4n) is 6.30. The maximum absolute atomic E-state index is 14.4. The number of likely N-dealkylation sites (tertiary alicyclic amines) is 1. The fraction of sp³-hybridized carbons (Fsp3) is 0.250. The number of rotatable bonds is 8. The molecule has 1 unspecified atom stereocenters. The molecule has 2 aromatic heterocycles. The number of aromatic nitrogens is 3. The highest BCUT2D eigenvalue weighted by molar-refractivity contribution is 6.41. The molecule has 2 fully saturated rings. The summed E-state index contributed by atoms with van der Waals surface area (Å²) in [5.74, 6) is -1.92. The Balaban J connectivity index is 1.18. The lowest BCUT2D eigenvalue weighted by Gasteiger charge is -2.51. The molecule has 0 radical (unpaired) electrons. The zero-order chi connectivity index (χ0) is 37.4. The molecule has 3 aliphatic heterocycles. The van der Waals surface area contributed by atoms with Gasteiger partial charge in [-0.1, -0.05) is 48.5 Å². The Hall–Kier alpha value is -5.97. The number of anilines is 3. The molecule has 2 saturated heterocycles. The number of nitrogens with one attached hydrogen (secondary N) is 3. The standard InChI is InChI=1S/C36H31F6N9O2/c37-35(38,39)24-10-2-1-9-23(24)27-16-17-28(46-45-27)47-48-32(52)33(53)51(30-14-5-13-29(43-30)49-19-7-20-49)31-15-6-18-34(44-31,50-21-8-22-50)25-11-3-4-12-26(25)36(40,41)42/h1-6,9-18,44H,7-8,19-22H2,(H,46,47)(H,48,52). The summed E-state index contributed by atoms with van der Waals surface area (Å²) in [5.41, 5.74) is 1.01. The van der Waals surface area contributed by atoms with E-state index in [1.165, 1.54) is 66.7 Å². The smallest absolute Gasteiger partial charge is 0.356 e. The highest BCUT2D eigenvalue weighted by Crippen LogP contribution is 2.43. The van der Waals surface area contributed by atoms with Crippen molar-refractivity contribution in [2.24, 2.45) is 0 Å². The number of nitrogens with zero attached hydrogens (tertiary/aromatic N) is 6. The van der Waals surface area contributed by atoms with Gasteiger partial charge in [0.15, 0.2) is 5.82 Å². The van der Waals surface area contributed by atoms with E-state index in [1.807, 2.05) is 9.80 Å². The van der Waals surface area contributed by atoms with Crippen LogP contribution in [0.4, 0.5) is 43.8 Å². The Bertz CT molecular complexity index is 2080. The molecule has 0 spiro atoms. The molecular weight excluding hydrogens is 704 g/mol. The van der Waals surface area contributed by atoms with Gasteiger partial charge in [0.2, 0.25) is 0 Å². The van der Waals surface area contributed by atoms with E-state index in [0.29, 0.717) is 18.9 Å². The second kappa shape index (κ2) is 13.9. The lowest BCUT2D eigenvalue weighted by Crippen LogP contribution is -2.63. The summed E-state index contributed by atoms with van der Waals surface area (Å²) in [6.45, 7) is 2.37. The van der Waals surface area contributed by atoms with Crippen molar-refractivity contribution in [2.45, 2.75) is 30.9 Å². The van der Waals surface area contributed by atoms with Crippen LogP contribution in [0, 0.1) is 0 Å². The first-order chi connectivity index (χ1) is 25.3. The van der Waals surface area contributed by atoms with Gasteiger partial charge in [-0.15, -0.1) is 10.2 Å². The number of carbonyl (C=O) groups excluding carboxylic acids is 2. The van der Waals surface area contributed by atoms with Crippen LogP contribution in [-0.4, -0.2) is 58.1 Å². The van der Waals surface area contributed by atoms with Crippen LogP contribution in [-0.2, 0) is 27.6 Å². The van der Waals surface area contributed by atoms with Crippen molar-refractivity contribution < 1.29 is 35.9 Å². The Morgan fingerprint density at radius 2 is 1.49 bits per heavy atom. The molecule has 0 saturated carbocycles. The Morgan fingerprint density at radius 1 is 0.792 bits per heavy atom. The maximum atomic E-state index is 14.4. The molecule has 0 bridgehead atoms. The van der Waals surface area contributed by atoms with Gasteiger partial charge in [-0.05, 0) is 61.4 Å². The van der Waals surface area contributed by atoms with Gasteiger partial charge in [-0.25, -0.2) is 9.88 Å². The van der Waals surface area contributed by atoms with Crippen LogP contribution < -0.4 is 26.0 Å². The van der Waals surface area contributed by atoms with Gasteiger partial charge >= 0.3 is 24.2 Å². The highest BCUT2D eigenvalue weighted by Gasteiger charge is 2.48. The van der Waals surface area contributed by atoms with Crippen LogP contribution in [0.25, 0.3) is 11.3 Å². The number of benzene rings is 2. The van der Waals surface area contributed by atoms with Crippen LogP contribution in [0.1, 0.15) is 29.5 Å². The van der Waals surface area contributed by atoms with Crippen molar-refractivity contribution in [3.05, 3.63) is 120 Å². The first-order valence-electron chi connectivity index (χ1n) is 16.6. The predicted molar refractivity (Wildman–Crippen MR) is 182 cm³/mol. The molecule has 274 valence electrons. The number of allylic oxidation sites excluding steroid dienone is 2. The summed E-state index contributed by atoms with van der Waals surface area (Å²) in [5, 5.41) is 10.9. The molecule has 0 aliphatic carbocycles. The largest absolute Gasteiger partial charge is 0.417 e. The lowest BCUT2D eigenvalue weighted by molar-refractivity contribution is -0.140. The SMILES string of the molecule is O=C(NNc1ccc(-c2ccccc2C(F)(F)F)nn1)C(=O)N(C1=CC=CC(c2ccccc2C(F)(F)F)(N2CCC2)N1)c1cccc(N2CCC2)n1. The second-order valence-electron chi connectivity index (χ2n) is 12.4. The monoisotopic (exact) mass is 735 g/mol. The van der Waals surface area contributed by atoms with Crippen molar-refractivity contribution in [2.75, 3.05) is 41.4 Å². The van der Waals surface area contributed by atoms with Crippen molar-refractivity contribution in [1.82, 2.24) is 30.8 Å². The number of amides is 2. The molecule has 5 heterocycles. The molecule has 17 heteroatoms. The van der Waals surface area contributed by atoms with Gasteiger partial charge in [-0.2, -0.15) is 26.3 Å². The zero-order valence-electron chi connectivity index (χ0n) is 27.7. The van der Waals surface area contributed by atoms with Gasteiger partial charge in [0.25, 0.3) is 0 Å². The number of carbonyl (C=O) groups is 2. The molecule has 53 heavy (non-hydrogen) atoms. The van der Waals surface area contributed by atoms with Crippen LogP contribution in [0.15, 0.2) is 103 Å². The summed E-state index contributed by atoms with van der Waals surface area (Å²) in [4.78, 5) is 37.0. The predicted octanol–water partition coefficient (Wildman–Crippen LogP) is 5.82. The van der Waals surface area contributed by atoms with Crippen molar-refractivity contribution in [3.63, 3.8) is 0 Å². The third-order valence-electron chi connectivity index (χ3n) is 9.15. The molecule has 7 rings (SSSR count). The molecule has 11 nitrogen and oxygen atoms in total. The van der Waals surface area contributed by atoms with E-state index >= 15 is 0 Å². The number of hydrogen-bond acceptors (Lipinski definition) is 9. The average Bonchev–Trinajstić information content (AvgIpc) is 3.09. The van der Waals surface area contributed by atoms with E-state index in [1.54, 1.807) is 18.2 Å². The molecule has 3 N–H and O–H groups in total. The summed E-state index contributed by atoms with van der Waals surface area (Å²) >= 11 is 0. The van der Waals surface area contributed by atoms with E-state index < -0.39 is 41.0 Å². The quantitative estimate of drug-likeness (QED) is 0.117. The molecule has 2 amide bonds. The molecule has 4 aromatic rings. The van der Waals surface area contributed by atoms with Crippen LogP contribution in [0.2, 0.25) is 0 Å². The van der Waals surface area contributed by atoms with E-state index in [-0.39, 0.29) is 34.3 Å². The summed E-state index contributed by atoms with van der Waals surface area (Å²) in [6.07, 6.45) is -3.07. The summed E-state index contributed by atoms with van der Waals surface area (Å²) in [6, 6.07) is 17.5. The highest BCUT2D eigenvalue weighted by atomic mass is 19.4. The van der Waals surface area contributed by atoms with Crippen molar-refractivity contribution in [1.29, 1.82) is 0 Å². The summed E-state index contributed by atoms with van der Waals surface area (Å²) < 4.78 is 83.8. The van der Waals surface area contributed by atoms with E-state index in [9.17, 15) is 35.9 Å². The van der Waals surface area contributed by atoms with Crippen LogP contribution >= 0.6 is 0 Å². The normalized spacial score (nSPS) is 18.6. The zero-order valence-corrected chi connectivity index (χ0v) is 27.7. The number of alkyl halides is 6. The Kier molecular flexibility index (Phi) is 9.27. The van der Waals surface area contributed by atoms with Gasteiger partial charge in [-0.3, -0.25) is 25.3 Å². The van der Waals surface area contributed by atoms with Crippen molar-refractivity contribution in [3.8, 4) is 11.3 Å². The molecule has 3 aliphatic rings. The second-order valence-corrected chi connectivity index (χ2v) is 12.4. The van der Waals surface area contributed by atoms with E-state index in [0.717, 1.165) is 43.0 Å². The average molecular weight is 736 g/mol. The lowest BCUT2D eigenvalue weighted by atomic mass is 9.88. The Morgan fingerprint density at radius 3 is 2.13 bits per heavy atom. The number of hydrazine groups is 1. The third kappa shape index (κ3) is 6.98. The minimum Gasteiger partial charge on any atom is -0.356 e. The summed E-state index contributed by atoms with van der Waals surface area (Å²) in [7, 11) is 0. The number of halogens is 6. The van der Waals surface area contributed by atoms with Crippen molar-refractivity contribution >= 4 is 29.3 Å². The number of dihydropyridines is 1. The third-order valence-corrected chi connectivity index (χ3v) is 9.15. The number of hydrogen-bond donors (Lipinski definition) is 3. The van der Waals surface area contributed by atoms with Crippen LogP contribution in [0.3, 0.4) is 0 Å².